The highest BCUT2D eigenvalue weighted by atomic mass is 16.5. The average molecular weight is 393 g/mol. The smallest absolute Gasteiger partial charge is 0.225 e. The fraction of sp³-hybridized carbons (Fsp3) is 0.391. The van der Waals surface area contributed by atoms with Crippen LogP contribution in [0.4, 0.5) is 5.69 Å². The van der Waals surface area contributed by atoms with Gasteiger partial charge in [-0.15, -0.1) is 0 Å². The topological polar surface area (TPSA) is 54.4 Å². The Hall–Kier alpha value is -3.02. The van der Waals surface area contributed by atoms with Gasteiger partial charge in [-0.3, -0.25) is 4.79 Å². The summed E-state index contributed by atoms with van der Waals surface area (Å²) in [5.41, 5.74) is 1.71. The zero-order chi connectivity index (χ0) is 20.4. The van der Waals surface area contributed by atoms with Crippen LogP contribution in [0, 0.1) is 5.92 Å². The lowest BCUT2D eigenvalue weighted by Gasteiger charge is -2.26. The number of rotatable bonds is 2. The molecule has 1 saturated heterocycles. The monoisotopic (exact) mass is 393 g/mol. The number of carbonyl (C=O) groups excluding carboxylic acids is 1. The first-order valence-electron chi connectivity index (χ1n) is 10.1. The van der Waals surface area contributed by atoms with Crippen molar-refractivity contribution in [1.29, 1.82) is 0 Å². The number of nitrogens with zero attached hydrogens (tertiary/aromatic N) is 3. The average Bonchev–Trinajstić information content (AvgIpc) is 3.07. The van der Waals surface area contributed by atoms with Crippen LogP contribution in [-0.2, 0) is 4.79 Å². The molecule has 29 heavy (non-hydrogen) atoms. The quantitative estimate of drug-likeness (QED) is 0.772. The van der Waals surface area contributed by atoms with E-state index in [0.717, 1.165) is 60.4 Å². The van der Waals surface area contributed by atoms with Crippen molar-refractivity contribution in [3.8, 4) is 17.2 Å². The summed E-state index contributed by atoms with van der Waals surface area (Å²) < 4.78 is 11.6. The molecule has 1 amide bonds. The van der Waals surface area contributed by atoms with Crippen molar-refractivity contribution < 1.29 is 14.3 Å². The zero-order valence-electron chi connectivity index (χ0n) is 17.2. The standard InChI is InChI=1S/C23H27N3O3/c1-16(2)23(27)26-12-6-11-25(13-14-26)22-18-15-17(28-3)9-10-20(18)29-21-8-5-4-7-19(21)24-22/h4-5,7-10,15-16H,6,11-14H2,1-3H3. The number of benzene rings is 2. The van der Waals surface area contributed by atoms with Crippen molar-refractivity contribution in [3.63, 3.8) is 0 Å². The van der Waals surface area contributed by atoms with Crippen molar-refractivity contribution in [2.24, 2.45) is 10.9 Å². The van der Waals surface area contributed by atoms with Crippen LogP contribution in [-0.4, -0.2) is 54.8 Å². The third kappa shape index (κ3) is 3.92. The molecule has 0 spiro atoms. The lowest BCUT2D eigenvalue weighted by Crippen LogP contribution is -2.39. The molecule has 0 radical (unpaired) electrons. The van der Waals surface area contributed by atoms with Crippen LogP contribution < -0.4 is 9.47 Å². The van der Waals surface area contributed by atoms with Gasteiger partial charge in [0.2, 0.25) is 5.91 Å². The maximum Gasteiger partial charge on any atom is 0.225 e. The first kappa shape index (κ1) is 19.3. The van der Waals surface area contributed by atoms with Crippen molar-refractivity contribution in [1.82, 2.24) is 9.80 Å². The number of methoxy groups -OCH3 is 1. The molecule has 6 nitrogen and oxygen atoms in total. The van der Waals surface area contributed by atoms with Gasteiger partial charge in [0.1, 0.15) is 23.0 Å². The molecule has 2 aliphatic rings. The molecule has 0 saturated carbocycles. The fourth-order valence-corrected chi connectivity index (χ4v) is 3.78. The molecule has 0 N–H and O–H groups in total. The second-order valence-corrected chi connectivity index (χ2v) is 7.69. The Morgan fingerprint density at radius 3 is 2.69 bits per heavy atom. The maximum atomic E-state index is 12.5. The second-order valence-electron chi connectivity index (χ2n) is 7.69. The molecular formula is C23H27N3O3. The minimum Gasteiger partial charge on any atom is -0.497 e. The lowest BCUT2D eigenvalue weighted by molar-refractivity contribution is -0.134. The third-order valence-electron chi connectivity index (χ3n) is 5.34. The number of amides is 1. The summed E-state index contributed by atoms with van der Waals surface area (Å²) in [4.78, 5) is 21.7. The summed E-state index contributed by atoms with van der Waals surface area (Å²) in [6, 6.07) is 13.6. The van der Waals surface area contributed by atoms with Crippen LogP contribution >= 0.6 is 0 Å². The third-order valence-corrected chi connectivity index (χ3v) is 5.34. The van der Waals surface area contributed by atoms with Crippen molar-refractivity contribution in [3.05, 3.63) is 48.0 Å². The van der Waals surface area contributed by atoms with E-state index in [0.29, 0.717) is 6.54 Å². The summed E-state index contributed by atoms with van der Waals surface area (Å²) in [6.07, 6.45) is 0.902. The molecular weight excluding hydrogens is 366 g/mol. The Morgan fingerprint density at radius 2 is 1.90 bits per heavy atom. The second kappa shape index (κ2) is 8.15. The van der Waals surface area contributed by atoms with Crippen LogP contribution in [0.1, 0.15) is 25.8 Å². The van der Waals surface area contributed by atoms with Gasteiger partial charge in [0.15, 0.2) is 5.75 Å². The van der Waals surface area contributed by atoms with E-state index in [1.54, 1.807) is 7.11 Å². The van der Waals surface area contributed by atoms with Crippen LogP contribution in [0.3, 0.4) is 0 Å². The summed E-state index contributed by atoms with van der Waals surface area (Å²) in [5.74, 6) is 3.35. The van der Waals surface area contributed by atoms with E-state index < -0.39 is 0 Å². The van der Waals surface area contributed by atoms with Gasteiger partial charge in [-0.2, -0.15) is 0 Å². The summed E-state index contributed by atoms with van der Waals surface area (Å²) in [5, 5.41) is 0. The van der Waals surface area contributed by atoms with Gasteiger partial charge in [0.05, 0.1) is 12.7 Å². The number of carbonyl (C=O) groups is 1. The number of fused-ring (bicyclic) bond motifs is 2. The van der Waals surface area contributed by atoms with Crippen LogP contribution in [0.5, 0.6) is 17.2 Å². The van der Waals surface area contributed by atoms with E-state index in [1.807, 2.05) is 61.2 Å². The van der Waals surface area contributed by atoms with Gasteiger partial charge in [0.25, 0.3) is 0 Å². The van der Waals surface area contributed by atoms with Gasteiger partial charge >= 0.3 is 0 Å². The first-order valence-corrected chi connectivity index (χ1v) is 10.1. The number of ether oxygens (including phenoxy) is 2. The molecule has 1 fully saturated rings. The van der Waals surface area contributed by atoms with E-state index in [2.05, 4.69) is 4.90 Å². The van der Waals surface area contributed by atoms with Gasteiger partial charge in [-0.05, 0) is 36.8 Å². The Bertz CT molecular complexity index is 939. The molecule has 152 valence electrons. The van der Waals surface area contributed by atoms with Crippen LogP contribution in [0.2, 0.25) is 0 Å². The Labute approximate surface area is 171 Å². The number of aliphatic imine (C=N–C) groups is 1. The van der Waals surface area contributed by atoms with Gasteiger partial charge in [-0.25, -0.2) is 4.99 Å². The van der Waals surface area contributed by atoms with E-state index >= 15 is 0 Å². The molecule has 2 aromatic carbocycles. The van der Waals surface area contributed by atoms with Crippen LogP contribution in [0.15, 0.2) is 47.5 Å². The highest BCUT2D eigenvalue weighted by molar-refractivity contribution is 6.04. The number of hydrogen-bond donors (Lipinski definition) is 0. The highest BCUT2D eigenvalue weighted by Crippen LogP contribution is 2.39. The molecule has 2 aliphatic heterocycles. The summed E-state index contributed by atoms with van der Waals surface area (Å²) >= 11 is 0. The van der Waals surface area contributed by atoms with E-state index in [-0.39, 0.29) is 11.8 Å². The largest absolute Gasteiger partial charge is 0.497 e. The SMILES string of the molecule is COc1ccc2c(c1)C(N1CCCN(C(=O)C(C)C)CC1)=Nc1ccccc1O2. The van der Waals surface area contributed by atoms with Crippen molar-refractivity contribution in [2.75, 3.05) is 33.3 Å². The van der Waals surface area contributed by atoms with E-state index in [4.69, 9.17) is 14.5 Å². The molecule has 0 bridgehead atoms. The highest BCUT2D eigenvalue weighted by Gasteiger charge is 2.27. The molecule has 0 aliphatic carbocycles. The normalized spacial score (nSPS) is 16.2. The molecule has 6 heteroatoms. The summed E-state index contributed by atoms with van der Waals surface area (Å²) in [6.45, 7) is 6.95. The molecule has 0 atom stereocenters. The predicted octanol–water partition coefficient (Wildman–Crippen LogP) is 4.07. The lowest BCUT2D eigenvalue weighted by atomic mass is 10.1. The van der Waals surface area contributed by atoms with Crippen molar-refractivity contribution in [2.45, 2.75) is 20.3 Å². The molecule has 4 rings (SSSR count). The predicted molar refractivity (Wildman–Crippen MR) is 113 cm³/mol. The Kier molecular flexibility index (Phi) is 5.43. The number of amidine groups is 1. The molecule has 2 heterocycles. The van der Waals surface area contributed by atoms with Crippen LogP contribution in [0.25, 0.3) is 0 Å². The maximum absolute atomic E-state index is 12.5. The van der Waals surface area contributed by atoms with E-state index in [9.17, 15) is 4.79 Å². The van der Waals surface area contributed by atoms with Gasteiger partial charge in [-0.1, -0.05) is 26.0 Å². The summed E-state index contributed by atoms with van der Waals surface area (Å²) in [7, 11) is 1.66. The minimum atomic E-state index is 0.0158. The number of hydrogen-bond acceptors (Lipinski definition) is 5. The van der Waals surface area contributed by atoms with Gasteiger partial charge in [0, 0.05) is 32.1 Å². The van der Waals surface area contributed by atoms with E-state index in [1.165, 1.54) is 0 Å². The minimum absolute atomic E-state index is 0.0158. The first-order chi connectivity index (χ1) is 14.1. The fourth-order valence-electron chi connectivity index (χ4n) is 3.78. The molecule has 0 unspecified atom stereocenters. The number of para-hydroxylation sites is 2. The zero-order valence-corrected chi connectivity index (χ0v) is 17.2. The molecule has 0 aromatic heterocycles. The van der Waals surface area contributed by atoms with Gasteiger partial charge < -0.3 is 19.3 Å². The Morgan fingerprint density at radius 1 is 1.07 bits per heavy atom. The molecule has 2 aromatic rings. The van der Waals surface area contributed by atoms with Crippen molar-refractivity contribution >= 4 is 17.4 Å². The Balaban J connectivity index is 1.71.